The number of hydrogen-bond donors (Lipinski definition) is 1. The summed E-state index contributed by atoms with van der Waals surface area (Å²) in [7, 11) is 0. The van der Waals surface area contributed by atoms with E-state index in [1.165, 1.54) is 16.7 Å². The molecule has 1 N–H and O–H groups in total. The molecular formula is C46H49N3O. The Morgan fingerprint density at radius 3 is 1.72 bits per heavy atom. The van der Waals surface area contributed by atoms with Gasteiger partial charge in [0.25, 0.3) is 0 Å². The van der Waals surface area contributed by atoms with Crippen LogP contribution in [0.3, 0.4) is 0 Å². The van der Waals surface area contributed by atoms with Gasteiger partial charge in [-0.15, -0.1) is 0 Å². The number of rotatable bonds is 6. The second kappa shape index (κ2) is 13.2. The van der Waals surface area contributed by atoms with Gasteiger partial charge in [0, 0.05) is 23.0 Å². The molecule has 0 radical (unpaired) electrons. The summed E-state index contributed by atoms with van der Waals surface area (Å²) in [6, 6.07) is 41.9. The fourth-order valence-electron chi connectivity index (χ4n) is 6.13. The molecule has 0 unspecified atom stereocenters. The Morgan fingerprint density at radius 1 is 0.480 bits per heavy atom. The summed E-state index contributed by atoms with van der Waals surface area (Å²) in [6.07, 6.45) is 1.82. The maximum absolute atomic E-state index is 11.0. The second-order valence-electron chi connectivity index (χ2n) is 16.3. The van der Waals surface area contributed by atoms with Gasteiger partial charge < -0.3 is 5.11 Å². The predicted octanol–water partition coefficient (Wildman–Crippen LogP) is 12.5. The summed E-state index contributed by atoms with van der Waals surface area (Å²) in [5.41, 5.74) is 10.4. The van der Waals surface area contributed by atoms with Gasteiger partial charge in [0.05, 0.1) is 5.69 Å². The fourth-order valence-corrected chi connectivity index (χ4v) is 6.13. The molecule has 0 fully saturated rings. The number of aromatic hydroxyl groups is 1. The van der Waals surface area contributed by atoms with E-state index in [1.54, 1.807) is 6.07 Å². The van der Waals surface area contributed by atoms with Crippen molar-refractivity contribution < 1.29 is 5.11 Å². The lowest BCUT2D eigenvalue weighted by molar-refractivity contribution is 0.476. The zero-order valence-corrected chi connectivity index (χ0v) is 30.9. The number of benzene rings is 4. The van der Waals surface area contributed by atoms with Crippen LogP contribution >= 0.6 is 0 Å². The Bertz CT molecular complexity index is 2040. The molecule has 0 spiro atoms. The first-order chi connectivity index (χ1) is 23.6. The van der Waals surface area contributed by atoms with Crippen LogP contribution in [0.15, 0.2) is 128 Å². The number of anilines is 3. The van der Waals surface area contributed by atoms with Crippen molar-refractivity contribution in [3.8, 4) is 39.3 Å². The highest BCUT2D eigenvalue weighted by molar-refractivity contribution is 5.82. The number of phenols is 1. The van der Waals surface area contributed by atoms with Crippen molar-refractivity contribution in [3.63, 3.8) is 0 Å². The summed E-state index contributed by atoms with van der Waals surface area (Å²) in [5.74, 6) is 1.81. The van der Waals surface area contributed by atoms with Crippen LogP contribution in [0, 0.1) is 0 Å². The van der Waals surface area contributed by atoms with Gasteiger partial charge in [-0.05, 0) is 104 Å². The molecule has 0 aliphatic carbocycles. The van der Waals surface area contributed by atoms with Crippen LogP contribution in [0.5, 0.6) is 5.75 Å². The molecule has 0 saturated heterocycles. The Kier molecular flexibility index (Phi) is 9.17. The quantitative estimate of drug-likeness (QED) is 0.193. The van der Waals surface area contributed by atoms with E-state index in [4.69, 9.17) is 9.97 Å². The van der Waals surface area contributed by atoms with Gasteiger partial charge in [0.15, 0.2) is 0 Å². The van der Waals surface area contributed by atoms with Crippen LogP contribution < -0.4 is 4.90 Å². The zero-order valence-electron chi connectivity index (χ0n) is 30.9. The number of aromatic nitrogens is 2. The highest BCUT2D eigenvalue weighted by Gasteiger charge is 2.23. The van der Waals surface area contributed by atoms with E-state index < -0.39 is 0 Å². The molecule has 2 aromatic heterocycles. The van der Waals surface area contributed by atoms with Crippen LogP contribution in [0.2, 0.25) is 0 Å². The molecule has 50 heavy (non-hydrogen) atoms. The zero-order chi connectivity index (χ0) is 35.8. The molecule has 0 aliphatic heterocycles. The smallest absolute Gasteiger partial charge is 0.140 e. The third-order valence-electron chi connectivity index (χ3n) is 9.26. The summed E-state index contributed by atoms with van der Waals surface area (Å²) in [5, 5.41) is 11.0. The van der Waals surface area contributed by atoms with Gasteiger partial charge in [-0.3, -0.25) is 4.90 Å². The molecule has 254 valence electrons. The summed E-state index contributed by atoms with van der Waals surface area (Å²) < 4.78 is 0. The van der Waals surface area contributed by atoms with Gasteiger partial charge in [0.2, 0.25) is 0 Å². The minimum Gasteiger partial charge on any atom is -0.507 e. The Morgan fingerprint density at radius 2 is 1.10 bits per heavy atom. The Balaban J connectivity index is 1.61. The number of phenolic OH excluding ortho intramolecular Hbond substituents is 1. The highest BCUT2D eigenvalue weighted by Crippen LogP contribution is 2.41. The number of pyridine rings is 2. The SMILES string of the molecule is CC(C)(C)c1cc(-c2cc(-c3cccc(-c4cc(C(C)(C)C)ccc4O)c3)nc(N(c3ccccc3)c3ccccn3)c2)cc(C(C)(C)C)c1. The molecule has 0 aliphatic rings. The van der Waals surface area contributed by atoms with Crippen molar-refractivity contribution >= 4 is 17.3 Å². The summed E-state index contributed by atoms with van der Waals surface area (Å²) in [4.78, 5) is 12.3. The Hall–Kier alpha value is -5.22. The van der Waals surface area contributed by atoms with E-state index in [0.717, 1.165) is 50.8 Å². The van der Waals surface area contributed by atoms with Crippen LogP contribution in [-0.4, -0.2) is 15.1 Å². The molecule has 4 nitrogen and oxygen atoms in total. The number of nitrogens with zero attached hydrogens (tertiary/aromatic N) is 3. The van der Waals surface area contributed by atoms with E-state index in [9.17, 15) is 5.11 Å². The number of para-hydroxylation sites is 1. The van der Waals surface area contributed by atoms with Crippen molar-refractivity contribution in [1.29, 1.82) is 0 Å². The second-order valence-corrected chi connectivity index (χ2v) is 16.3. The van der Waals surface area contributed by atoms with Gasteiger partial charge in [0.1, 0.15) is 17.4 Å². The van der Waals surface area contributed by atoms with Crippen molar-refractivity contribution in [2.45, 2.75) is 78.6 Å². The molecule has 0 atom stereocenters. The molecule has 0 bridgehead atoms. The average Bonchev–Trinajstić information content (AvgIpc) is 3.08. The van der Waals surface area contributed by atoms with Gasteiger partial charge in [-0.25, -0.2) is 9.97 Å². The molecule has 0 amide bonds. The van der Waals surface area contributed by atoms with Crippen LogP contribution in [0.1, 0.15) is 79.0 Å². The first kappa shape index (κ1) is 34.6. The van der Waals surface area contributed by atoms with Crippen LogP contribution in [0.4, 0.5) is 17.3 Å². The maximum Gasteiger partial charge on any atom is 0.140 e. The van der Waals surface area contributed by atoms with E-state index in [0.29, 0.717) is 0 Å². The van der Waals surface area contributed by atoms with Crippen LogP contribution in [-0.2, 0) is 16.2 Å². The van der Waals surface area contributed by atoms with Crippen molar-refractivity contribution in [1.82, 2.24) is 9.97 Å². The lowest BCUT2D eigenvalue weighted by atomic mass is 9.79. The average molecular weight is 660 g/mol. The monoisotopic (exact) mass is 659 g/mol. The normalized spacial score (nSPS) is 12.2. The third kappa shape index (κ3) is 7.50. The predicted molar refractivity (Wildman–Crippen MR) is 211 cm³/mol. The van der Waals surface area contributed by atoms with E-state index in [-0.39, 0.29) is 22.0 Å². The van der Waals surface area contributed by atoms with Gasteiger partial charge >= 0.3 is 0 Å². The fraction of sp³-hybridized carbons (Fsp3) is 0.261. The molecule has 4 aromatic carbocycles. The van der Waals surface area contributed by atoms with E-state index >= 15 is 0 Å². The summed E-state index contributed by atoms with van der Waals surface area (Å²) in [6.45, 7) is 20.2. The topological polar surface area (TPSA) is 49.3 Å². The largest absolute Gasteiger partial charge is 0.507 e. The lowest BCUT2D eigenvalue weighted by Gasteiger charge is -2.27. The number of hydrogen-bond acceptors (Lipinski definition) is 4. The van der Waals surface area contributed by atoms with E-state index in [2.05, 4.69) is 134 Å². The van der Waals surface area contributed by atoms with E-state index in [1.807, 2.05) is 54.7 Å². The molecule has 4 heteroatoms. The van der Waals surface area contributed by atoms with Crippen molar-refractivity contribution in [3.05, 3.63) is 144 Å². The van der Waals surface area contributed by atoms with Crippen molar-refractivity contribution in [2.75, 3.05) is 4.90 Å². The first-order valence-electron chi connectivity index (χ1n) is 17.5. The van der Waals surface area contributed by atoms with Crippen LogP contribution in [0.25, 0.3) is 33.5 Å². The molecule has 2 heterocycles. The molecule has 6 aromatic rings. The minimum atomic E-state index is -0.0509. The van der Waals surface area contributed by atoms with Crippen molar-refractivity contribution in [2.24, 2.45) is 0 Å². The lowest BCUT2D eigenvalue weighted by Crippen LogP contribution is -2.16. The standard InChI is InChI=1S/C46H49N3O/c1-44(2,3)35-21-22-41(50)39(30-35)31-16-15-17-32(24-31)40-27-34(33-25-36(45(4,5)6)29-37(26-33)46(7,8)9)28-43(48-40)49(38-18-11-10-12-19-38)42-20-13-14-23-47-42/h10-30,50H,1-9H3. The van der Waals surface area contributed by atoms with Gasteiger partial charge in [-0.1, -0.05) is 129 Å². The van der Waals surface area contributed by atoms with Gasteiger partial charge in [-0.2, -0.15) is 0 Å². The molecular weight excluding hydrogens is 611 g/mol. The summed E-state index contributed by atoms with van der Waals surface area (Å²) >= 11 is 0. The third-order valence-corrected chi connectivity index (χ3v) is 9.26. The molecule has 6 rings (SSSR count). The minimum absolute atomic E-state index is 0.0311. The highest BCUT2D eigenvalue weighted by atomic mass is 16.3. The molecule has 0 saturated carbocycles. The first-order valence-corrected chi connectivity index (χ1v) is 17.5. The Labute approximate surface area is 298 Å². The maximum atomic E-state index is 11.0.